The number of hydrogen-bond acceptors (Lipinski definition) is 3. The first-order valence-corrected chi connectivity index (χ1v) is 8.85. The van der Waals surface area contributed by atoms with E-state index in [-0.39, 0.29) is 5.91 Å². The van der Waals surface area contributed by atoms with E-state index < -0.39 is 0 Å². The number of carbonyl (C=O) groups excluding carboxylic acids is 1. The smallest absolute Gasteiger partial charge is 0.255 e. The Kier molecular flexibility index (Phi) is 3.99. The second-order valence-electron chi connectivity index (χ2n) is 7.01. The van der Waals surface area contributed by atoms with E-state index in [0.717, 1.165) is 40.7 Å². The lowest BCUT2D eigenvalue weighted by Gasteiger charge is -2.10. The number of amides is 1. The second-order valence-corrected chi connectivity index (χ2v) is 7.01. The van der Waals surface area contributed by atoms with Crippen LogP contribution >= 0.6 is 0 Å². The van der Waals surface area contributed by atoms with E-state index in [2.05, 4.69) is 21.7 Å². The van der Waals surface area contributed by atoms with Gasteiger partial charge in [0.05, 0.1) is 11.6 Å². The van der Waals surface area contributed by atoms with Crippen molar-refractivity contribution in [2.75, 3.05) is 5.32 Å². The van der Waals surface area contributed by atoms with Gasteiger partial charge in [0.15, 0.2) is 0 Å². The lowest BCUT2D eigenvalue weighted by Crippen LogP contribution is -2.12. The van der Waals surface area contributed by atoms with E-state index in [4.69, 9.17) is 0 Å². The summed E-state index contributed by atoms with van der Waals surface area (Å²) in [5.74, 6) is -0.123. The van der Waals surface area contributed by atoms with Crippen molar-refractivity contribution in [2.24, 2.45) is 0 Å². The van der Waals surface area contributed by atoms with E-state index >= 15 is 0 Å². The van der Waals surface area contributed by atoms with Gasteiger partial charge in [0.25, 0.3) is 5.91 Å². The van der Waals surface area contributed by atoms with E-state index in [0.29, 0.717) is 11.6 Å². The van der Waals surface area contributed by atoms with Crippen molar-refractivity contribution in [2.45, 2.75) is 45.6 Å². The average Bonchev–Trinajstić information content (AvgIpc) is 3.22. The second kappa shape index (κ2) is 6.31. The predicted molar refractivity (Wildman–Crippen MR) is 98.9 cm³/mol. The fourth-order valence-corrected chi connectivity index (χ4v) is 3.75. The van der Waals surface area contributed by atoms with E-state index in [1.54, 1.807) is 0 Å². The Hall–Kier alpha value is -2.69. The summed E-state index contributed by atoms with van der Waals surface area (Å²) in [7, 11) is 0. The van der Waals surface area contributed by atoms with Gasteiger partial charge in [-0.1, -0.05) is 24.1 Å². The van der Waals surface area contributed by atoms with Gasteiger partial charge in [-0.2, -0.15) is 0 Å². The van der Waals surface area contributed by atoms with Gasteiger partial charge in [-0.15, -0.1) is 5.10 Å². The van der Waals surface area contributed by atoms with Gasteiger partial charge >= 0.3 is 0 Å². The minimum absolute atomic E-state index is 0.123. The lowest BCUT2D eigenvalue weighted by atomic mass is 10.1. The summed E-state index contributed by atoms with van der Waals surface area (Å²) in [6, 6.07) is 12.1. The number of anilines is 1. The molecule has 2 aromatic carbocycles. The maximum atomic E-state index is 12.6. The third-order valence-electron chi connectivity index (χ3n) is 4.88. The van der Waals surface area contributed by atoms with E-state index in [9.17, 15) is 4.79 Å². The number of benzene rings is 2. The van der Waals surface area contributed by atoms with Crippen LogP contribution in [0.1, 0.15) is 53.2 Å². The van der Waals surface area contributed by atoms with Gasteiger partial charge in [-0.3, -0.25) is 4.79 Å². The first-order chi connectivity index (χ1) is 12.1. The van der Waals surface area contributed by atoms with Crippen LogP contribution in [-0.4, -0.2) is 20.9 Å². The van der Waals surface area contributed by atoms with Gasteiger partial charge in [0.1, 0.15) is 5.52 Å². The zero-order valence-corrected chi connectivity index (χ0v) is 14.6. The van der Waals surface area contributed by atoms with Crippen LogP contribution in [0.2, 0.25) is 0 Å². The van der Waals surface area contributed by atoms with Gasteiger partial charge < -0.3 is 5.32 Å². The van der Waals surface area contributed by atoms with Gasteiger partial charge in [-0.25, -0.2) is 4.68 Å². The van der Waals surface area contributed by atoms with Crippen LogP contribution in [0.3, 0.4) is 0 Å². The topological polar surface area (TPSA) is 59.8 Å². The number of fused-ring (bicyclic) bond motifs is 1. The number of carbonyl (C=O) groups is 1. The van der Waals surface area contributed by atoms with Crippen molar-refractivity contribution in [3.63, 3.8) is 0 Å². The highest BCUT2D eigenvalue weighted by Crippen LogP contribution is 2.31. The van der Waals surface area contributed by atoms with Crippen LogP contribution in [0.4, 0.5) is 5.69 Å². The molecule has 0 spiro atoms. The summed E-state index contributed by atoms with van der Waals surface area (Å²) in [5.41, 5.74) is 5.47. The minimum Gasteiger partial charge on any atom is -0.322 e. The van der Waals surface area contributed by atoms with Crippen molar-refractivity contribution in [3.8, 4) is 0 Å². The fourth-order valence-electron chi connectivity index (χ4n) is 3.75. The minimum atomic E-state index is -0.123. The van der Waals surface area contributed by atoms with Crippen molar-refractivity contribution >= 4 is 22.6 Å². The summed E-state index contributed by atoms with van der Waals surface area (Å²) in [6.07, 6.45) is 4.83. The molecule has 0 aliphatic heterocycles. The lowest BCUT2D eigenvalue weighted by molar-refractivity contribution is 0.102. The van der Waals surface area contributed by atoms with Gasteiger partial charge in [-0.05, 0) is 68.1 Å². The van der Waals surface area contributed by atoms with Crippen molar-refractivity contribution in [3.05, 3.63) is 53.1 Å². The highest BCUT2D eigenvalue weighted by Gasteiger charge is 2.20. The first kappa shape index (κ1) is 15.8. The predicted octanol–water partition coefficient (Wildman–Crippen LogP) is 4.42. The molecule has 3 aromatic rings. The number of rotatable bonds is 3. The molecule has 128 valence electrons. The molecule has 25 heavy (non-hydrogen) atoms. The summed E-state index contributed by atoms with van der Waals surface area (Å²) < 4.78 is 2.02. The summed E-state index contributed by atoms with van der Waals surface area (Å²) in [4.78, 5) is 12.6. The zero-order chi connectivity index (χ0) is 17.4. The maximum Gasteiger partial charge on any atom is 0.255 e. The SMILES string of the molecule is Cc1cc(C)cc(NC(=O)c2ccc3c(c2)nnn3C2CCCC2)c1. The van der Waals surface area contributed by atoms with Crippen LogP contribution in [0.25, 0.3) is 11.0 Å². The van der Waals surface area contributed by atoms with Crippen LogP contribution in [-0.2, 0) is 0 Å². The van der Waals surface area contributed by atoms with Crippen LogP contribution in [0, 0.1) is 13.8 Å². The number of aromatic nitrogens is 3. The summed E-state index contributed by atoms with van der Waals surface area (Å²) >= 11 is 0. The standard InChI is InChI=1S/C20H22N4O/c1-13-9-14(2)11-16(10-13)21-20(25)15-7-8-19-18(12-15)22-23-24(19)17-5-3-4-6-17/h7-12,17H,3-6H2,1-2H3,(H,21,25). The average molecular weight is 334 g/mol. The van der Waals surface area contributed by atoms with Crippen molar-refractivity contribution < 1.29 is 4.79 Å². The first-order valence-electron chi connectivity index (χ1n) is 8.85. The molecule has 0 bridgehead atoms. The Balaban J connectivity index is 1.59. The molecule has 1 fully saturated rings. The number of hydrogen-bond donors (Lipinski definition) is 1. The fraction of sp³-hybridized carbons (Fsp3) is 0.350. The Morgan fingerprint density at radius 3 is 2.52 bits per heavy atom. The maximum absolute atomic E-state index is 12.6. The third kappa shape index (κ3) is 3.14. The highest BCUT2D eigenvalue weighted by molar-refractivity contribution is 6.06. The molecule has 1 aromatic heterocycles. The Bertz CT molecular complexity index is 918. The monoisotopic (exact) mass is 334 g/mol. The number of nitrogens with zero attached hydrogens (tertiary/aromatic N) is 3. The molecule has 1 saturated carbocycles. The van der Waals surface area contributed by atoms with Gasteiger partial charge in [0, 0.05) is 11.3 Å². The molecule has 1 amide bonds. The summed E-state index contributed by atoms with van der Waals surface area (Å²) in [5, 5.41) is 11.6. The molecule has 5 heteroatoms. The molecular formula is C20H22N4O. The van der Waals surface area contributed by atoms with E-state index in [1.165, 1.54) is 12.8 Å². The molecular weight excluding hydrogens is 312 g/mol. The number of nitrogens with one attached hydrogen (secondary N) is 1. The Morgan fingerprint density at radius 1 is 1.08 bits per heavy atom. The van der Waals surface area contributed by atoms with Crippen molar-refractivity contribution in [1.82, 2.24) is 15.0 Å². The zero-order valence-electron chi connectivity index (χ0n) is 14.6. The van der Waals surface area contributed by atoms with Crippen LogP contribution < -0.4 is 5.32 Å². The van der Waals surface area contributed by atoms with E-state index in [1.807, 2.05) is 48.9 Å². The van der Waals surface area contributed by atoms with Crippen LogP contribution in [0.15, 0.2) is 36.4 Å². The molecule has 4 rings (SSSR count). The molecule has 0 saturated heterocycles. The molecule has 1 aliphatic carbocycles. The quantitative estimate of drug-likeness (QED) is 0.771. The Labute approximate surface area is 147 Å². The molecule has 1 heterocycles. The van der Waals surface area contributed by atoms with Crippen molar-refractivity contribution in [1.29, 1.82) is 0 Å². The normalized spacial score (nSPS) is 15.0. The molecule has 5 nitrogen and oxygen atoms in total. The number of aryl methyl sites for hydroxylation is 2. The Morgan fingerprint density at radius 2 is 1.80 bits per heavy atom. The third-order valence-corrected chi connectivity index (χ3v) is 4.88. The molecule has 0 unspecified atom stereocenters. The van der Waals surface area contributed by atoms with Gasteiger partial charge in [0.2, 0.25) is 0 Å². The molecule has 1 N–H and O–H groups in total. The molecule has 1 aliphatic rings. The van der Waals surface area contributed by atoms with Crippen LogP contribution in [0.5, 0.6) is 0 Å². The largest absolute Gasteiger partial charge is 0.322 e. The molecule has 0 atom stereocenters. The highest BCUT2D eigenvalue weighted by atomic mass is 16.1. The summed E-state index contributed by atoms with van der Waals surface area (Å²) in [6.45, 7) is 4.05. The molecule has 0 radical (unpaired) electrons.